The van der Waals surface area contributed by atoms with Gasteiger partial charge in [0.05, 0.1) is 5.08 Å². The van der Waals surface area contributed by atoms with E-state index in [-0.39, 0.29) is 0 Å². The predicted octanol–water partition coefficient (Wildman–Crippen LogP) is 17.0. The molecule has 49 heavy (non-hydrogen) atoms. The topological polar surface area (TPSA) is 0 Å². The lowest BCUT2D eigenvalue weighted by Gasteiger charge is -2.05. The second kappa shape index (κ2) is 52.9. The molecular formula is C35H72S14. The summed E-state index contributed by atoms with van der Waals surface area (Å²) in [7, 11) is 18.2. The molecule has 0 bridgehead atoms. The van der Waals surface area contributed by atoms with Gasteiger partial charge in [-0.25, -0.2) is 0 Å². The number of hydrogen-bond acceptors (Lipinski definition) is 14. The van der Waals surface area contributed by atoms with Gasteiger partial charge in [0.25, 0.3) is 0 Å². The molecule has 0 amide bonds. The summed E-state index contributed by atoms with van der Waals surface area (Å²) in [6, 6.07) is 0. The molecule has 0 aromatic rings. The Balaban J connectivity index is 3.04. The first-order valence-corrected chi connectivity index (χ1v) is 35.6. The number of rotatable bonds is 46. The molecule has 0 aromatic heterocycles. The van der Waals surface area contributed by atoms with Crippen molar-refractivity contribution >= 4 is 156 Å². The first-order valence-electron chi connectivity index (χ1n) is 19.0. The molecule has 0 spiro atoms. The van der Waals surface area contributed by atoms with Gasteiger partial charge in [-0.3, -0.25) is 0 Å². The lowest BCUT2D eigenvalue weighted by atomic mass is 10.1. The maximum atomic E-state index is 4.17. The van der Waals surface area contributed by atoms with Gasteiger partial charge in [-0.2, -0.15) is 47.0 Å². The van der Waals surface area contributed by atoms with Crippen LogP contribution in [0.25, 0.3) is 0 Å². The van der Waals surface area contributed by atoms with Crippen LogP contribution in [-0.4, -0.2) is 91.4 Å². The molecule has 0 radical (unpaired) electrons. The summed E-state index contributed by atoms with van der Waals surface area (Å²) in [5, 5.41) is 1.09. The molecule has 0 atom stereocenters. The third-order valence-corrected chi connectivity index (χ3v) is 24.1. The van der Waals surface area contributed by atoms with Crippen molar-refractivity contribution in [2.24, 2.45) is 0 Å². The molecular weight excluding hydrogens is 869 g/mol. The van der Waals surface area contributed by atoms with Gasteiger partial charge in [0.1, 0.15) is 0 Å². The summed E-state index contributed by atoms with van der Waals surface area (Å²) in [6.07, 6.45) is 25.8. The fourth-order valence-corrected chi connectivity index (χ4v) is 20.1. The van der Waals surface area contributed by atoms with Crippen LogP contribution in [0.5, 0.6) is 0 Å². The van der Waals surface area contributed by atoms with Crippen molar-refractivity contribution in [2.75, 3.05) is 91.4 Å². The average Bonchev–Trinajstić information content (AvgIpc) is 3.11. The number of thioether (sulfide) groups is 4. The zero-order chi connectivity index (χ0) is 35.2. The van der Waals surface area contributed by atoms with E-state index in [1.54, 1.807) is 10.8 Å². The van der Waals surface area contributed by atoms with Crippen molar-refractivity contribution in [2.45, 2.75) is 122 Å². The number of thiol groups is 1. The van der Waals surface area contributed by atoms with E-state index in [1.807, 2.05) is 21.6 Å². The Labute approximate surface area is 365 Å². The van der Waals surface area contributed by atoms with E-state index in [1.165, 1.54) is 202 Å². The minimum Gasteiger partial charge on any atom is -0.162 e. The molecule has 0 saturated carbocycles. The first-order chi connectivity index (χ1) is 24.4. The minimum absolute atomic E-state index is 1.09. The van der Waals surface area contributed by atoms with E-state index >= 15 is 0 Å². The molecule has 296 valence electrons. The minimum atomic E-state index is 1.09. The number of hydrogen-bond donors (Lipinski definition) is 1. The highest BCUT2D eigenvalue weighted by molar-refractivity contribution is 8.82. The van der Waals surface area contributed by atoms with Crippen molar-refractivity contribution in [1.29, 1.82) is 0 Å². The van der Waals surface area contributed by atoms with E-state index in [2.05, 4.69) is 130 Å². The molecule has 14 heteroatoms. The van der Waals surface area contributed by atoms with Crippen LogP contribution >= 0.6 is 156 Å². The maximum absolute atomic E-state index is 4.17. The van der Waals surface area contributed by atoms with Crippen molar-refractivity contribution in [3.05, 3.63) is 0 Å². The SMILES string of the molecule is CCCCCCSSCCSCCSSCCCCCCCCCCCCCSCCCCSSCCSCCSCCCSSCSS. The average molecular weight is 942 g/mol. The van der Waals surface area contributed by atoms with E-state index in [4.69, 9.17) is 0 Å². The lowest BCUT2D eigenvalue weighted by molar-refractivity contribution is 0.555. The normalized spacial score (nSPS) is 11.6. The van der Waals surface area contributed by atoms with Crippen LogP contribution in [0.1, 0.15) is 122 Å². The third-order valence-electron chi connectivity index (χ3n) is 7.12. The summed E-state index contributed by atoms with van der Waals surface area (Å²) in [6.45, 7) is 2.29. The molecule has 0 N–H and O–H groups in total. The molecule has 0 saturated heterocycles. The summed E-state index contributed by atoms with van der Waals surface area (Å²) >= 11 is 12.8. The molecule has 0 nitrogen and oxygen atoms in total. The highest BCUT2D eigenvalue weighted by Crippen LogP contribution is 2.29. The monoisotopic (exact) mass is 940 g/mol. The van der Waals surface area contributed by atoms with E-state index in [0.717, 1.165) is 5.08 Å². The lowest BCUT2D eigenvalue weighted by Crippen LogP contribution is -1.91. The van der Waals surface area contributed by atoms with E-state index in [0.29, 0.717) is 0 Å². The van der Waals surface area contributed by atoms with Crippen LogP contribution in [-0.2, 0) is 0 Å². The standard InChI is InChI=1S/C35H72S14/c1-2-3-4-15-23-42-46-33-30-40-31-34-47-43-24-16-13-11-9-7-5-6-8-10-12-14-20-37-21-17-18-25-44-48-32-29-39-28-27-38-22-19-26-45-49-35-41-36/h36H,2-35H2,1H3. The third kappa shape index (κ3) is 52.9. The Morgan fingerprint density at radius 3 is 1.04 bits per heavy atom. The van der Waals surface area contributed by atoms with Gasteiger partial charge < -0.3 is 0 Å². The van der Waals surface area contributed by atoms with Crippen LogP contribution in [0, 0.1) is 0 Å². The van der Waals surface area contributed by atoms with E-state index in [9.17, 15) is 0 Å². The fourth-order valence-electron chi connectivity index (χ4n) is 4.40. The zero-order valence-electron chi connectivity index (χ0n) is 30.8. The van der Waals surface area contributed by atoms with Gasteiger partial charge in [0, 0.05) is 69.0 Å². The molecule has 0 aliphatic heterocycles. The molecule has 0 unspecified atom stereocenters. The van der Waals surface area contributed by atoms with Gasteiger partial charge in [0.15, 0.2) is 0 Å². The van der Waals surface area contributed by atoms with Crippen molar-refractivity contribution in [3.63, 3.8) is 0 Å². The molecule has 0 fully saturated rings. The molecule has 0 heterocycles. The zero-order valence-corrected chi connectivity index (χ0v) is 42.3. The summed E-state index contributed by atoms with van der Waals surface area (Å²) in [4.78, 5) is 0. The van der Waals surface area contributed by atoms with Crippen molar-refractivity contribution in [1.82, 2.24) is 0 Å². The van der Waals surface area contributed by atoms with Gasteiger partial charge in [-0.05, 0) is 55.8 Å². The van der Waals surface area contributed by atoms with Crippen LogP contribution in [0.4, 0.5) is 0 Å². The highest BCUT2D eigenvalue weighted by Gasteiger charge is 1.99. The Kier molecular flexibility index (Phi) is 58.2. The van der Waals surface area contributed by atoms with Gasteiger partial charge >= 0.3 is 0 Å². The Bertz CT molecular complexity index is 518. The van der Waals surface area contributed by atoms with Crippen LogP contribution in [0.3, 0.4) is 0 Å². The molecule has 0 rings (SSSR count). The van der Waals surface area contributed by atoms with Gasteiger partial charge in [-0.15, -0.1) is 11.7 Å². The molecule has 0 aromatic carbocycles. The number of unbranched alkanes of at least 4 members (excludes halogenated alkanes) is 14. The second-order valence-corrected chi connectivity index (χ2v) is 28.9. The van der Waals surface area contributed by atoms with Crippen LogP contribution in [0.2, 0.25) is 0 Å². The van der Waals surface area contributed by atoms with Gasteiger partial charge in [-0.1, -0.05) is 181 Å². The fraction of sp³-hybridized carbons (Fsp3) is 1.00. The van der Waals surface area contributed by atoms with Crippen LogP contribution < -0.4 is 0 Å². The largest absolute Gasteiger partial charge is 0.162 e. The Morgan fingerprint density at radius 1 is 0.265 bits per heavy atom. The van der Waals surface area contributed by atoms with Gasteiger partial charge in [0.2, 0.25) is 0 Å². The Hall–Kier alpha value is 4.90. The van der Waals surface area contributed by atoms with Crippen LogP contribution in [0.15, 0.2) is 0 Å². The molecule has 0 aliphatic rings. The predicted molar refractivity (Wildman–Crippen MR) is 274 cm³/mol. The molecule has 0 aliphatic carbocycles. The summed E-state index contributed by atoms with van der Waals surface area (Å²) in [5.41, 5.74) is 0. The smallest absolute Gasteiger partial charge is 0.0597 e. The van der Waals surface area contributed by atoms with Crippen molar-refractivity contribution < 1.29 is 0 Å². The quantitative estimate of drug-likeness (QED) is 0.0267. The Morgan fingerprint density at radius 2 is 0.551 bits per heavy atom. The maximum Gasteiger partial charge on any atom is 0.0597 e. The second-order valence-electron chi connectivity index (χ2n) is 11.6. The first kappa shape index (κ1) is 53.9. The summed E-state index contributed by atoms with van der Waals surface area (Å²) < 4.78 is 0. The van der Waals surface area contributed by atoms with Crippen molar-refractivity contribution in [3.8, 4) is 0 Å². The highest BCUT2D eigenvalue weighted by atomic mass is 33.1. The van der Waals surface area contributed by atoms with E-state index < -0.39 is 0 Å². The summed E-state index contributed by atoms with van der Waals surface area (Å²) in [5.74, 6) is 20.0.